The van der Waals surface area contributed by atoms with Crippen LogP contribution >= 0.6 is 0 Å². The second-order valence-electron chi connectivity index (χ2n) is 5.81. The van der Waals surface area contributed by atoms with Crippen molar-refractivity contribution in [2.45, 2.75) is 32.9 Å². The summed E-state index contributed by atoms with van der Waals surface area (Å²) in [6.07, 6.45) is 2.61. The van der Waals surface area contributed by atoms with E-state index in [2.05, 4.69) is 15.6 Å². The molecule has 0 spiro atoms. The Morgan fingerprint density at radius 1 is 1.50 bits per heavy atom. The largest absolute Gasteiger partial charge is 0.383 e. The fraction of sp³-hybridized carbons (Fsp3) is 0.562. The number of nitrogens with one attached hydrogen (secondary N) is 1. The molecular weight excluding hydrogens is 312 g/mol. The van der Waals surface area contributed by atoms with Crippen molar-refractivity contribution in [3.8, 4) is 0 Å². The minimum Gasteiger partial charge on any atom is -0.383 e. The first-order valence-corrected chi connectivity index (χ1v) is 7.98. The highest BCUT2D eigenvalue weighted by Gasteiger charge is 2.26. The smallest absolute Gasteiger partial charge is 0.256 e. The Kier molecular flexibility index (Phi) is 4.96. The molecule has 0 bridgehead atoms. The van der Waals surface area contributed by atoms with Crippen LogP contribution in [0.3, 0.4) is 0 Å². The van der Waals surface area contributed by atoms with Gasteiger partial charge in [-0.2, -0.15) is 5.10 Å². The van der Waals surface area contributed by atoms with Crippen molar-refractivity contribution in [3.05, 3.63) is 34.5 Å². The molecule has 1 N–H and O–H groups in total. The van der Waals surface area contributed by atoms with E-state index >= 15 is 0 Å². The van der Waals surface area contributed by atoms with E-state index < -0.39 is 0 Å². The molecular formula is C16H22N4O4. The lowest BCUT2D eigenvalue weighted by Crippen LogP contribution is -2.32. The van der Waals surface area contributed by atoms with Crippen molar-refractivity contribution in [2.24, 2.45) is 0 Å². The highest BCUT2D eigenvalue weighted by atomic mass is 16.5. The minimum absolute atomic E-state index is 0.208. The Morgan fingerprint density at radius 3 is 3.04 bits per heavy atom. The van der Waals surface area contributed by atoms with E-state index in [0.717, 1.165) is 17.7 Å². The van der Waals surface area contributed by atoms with Gasteiger partial charge in [0.2, 0.25) is 0 Å². The summed E-state index contributed by atoms with van der Waals surface area (Å²) in [6, 6.07) is 0. The second-order valence-corrected chi connectivity index (χ2v) is 5.81. The summed E-state index contributed by atoms with van der Waals surface area (Å²) in [5.41, 5.74) is 3.11. The number of rotatable bonds is 6. The lowest BCUT2D eigenvalue weighted by Gasteiger charge is -2.22. The van der Waals surface area contributed by atoms with Crippen molar-refractivity contribution in [2.75, 3.05) is 26.9 Å². The first-order valence-electron chi connectivity index (χ1n) is 7.98. The Hall–Kier alpha value is -2.19. The number of hydrogen-bond acceptors (Lipinski definition) is 6. The second kappa shape index (κ2) is 7.14. The fourth-order valence-electron chi connectivity index (χ4n) is 2.87. The molecule has 0 saturated carbocycles. The van der Waals surface area contributed by atoms with Crippen LogP contribution in [0.1, 0.15) is 39.2 Å². The molecule has 0 fully saturated rings. The van der Waals surface area contributed by atoms with E-state index in [1.807, 2.05) is 10.9 Å². The predicted octanol–water partition coefficient (Wildman–Crippen LogP) is 1.18. The van der Waals surface area contributed by atoms with Crippen LogP contribution in [0.2, 0.25) is 0 Å². The van der Waals surface area contributed by atoms with E-state index in [9.17, 15) is 4.79 Å². The van der Waals surface area contributed by atoms with Crippen LogP contribution in [-0.4, -0.2) is 47.7 Å². The molecule has 0 saturated heterocycles. The van der Waals surface area contributed by atoms with Crippen molar-refractivity contribution in [1.29, 1.82) is 0 Å². The summed E-state index contributed by atoms with van der Waals surface area (Å²) in [5, 5.41) is 11.3. The molecule has 1 aliphatic rings. The fourth-order valence-corrected chi connectivity index (χ4v) is 2.87. The Bertz CT molecular complexity index is 702. The van der Waals surface area contributed by atoms with Gasteiger partial charge in [-0.05, 0) is 25.8 Å². The number of carbonyl (C=O) groups is 1. The third-order valence-corrected chi connectivity index (χ3v) is 4.10. The van der Waals surface area contributed by atoms with E-state index in [4.69, 9.17) is 14.0 Å². The first-order chi connectivity index (χ1) is 11.6. The number of hydrogen-bond donors (Lipinski definition) is 1. The monoisotopic (exact) mass is 334 g/mol. The zero-order chi connectivity index (χ0) is 17.1. The average Bonchev–Trinajstić information content (AvgIpc) is 3.13. The van der Waals surface area contributed by atoms with E-state index in [1.165, 1.54) is 0 Å². The number of nitrogens with zero attached hydrogens (tertiary/aromatic N) is 3. The average molecular weight is 334 g/mol. The molecule has 1 atom stereocenters. The molecule has 24 heavy (non-hydrogen) atoms. The number of aryl methyl sites for hydroxylation is 2. The van der Waals surface area contributed by atoms with E-state index in [1.54, 1.807) is 21.0 Å². The summed E-state index contributed by atoms with van der Waals surface area (Å²) in [4.78, 5) is 12.3. The van der Waals surface area contributed by atoms with Crippen LogP contribution in [0, 0.1) is 13.8 Å². The van der Waals surface area contributed by atoms with Gasteiger partial charge in [-0.15, -0.1) is 0 Å². The third-order valence-electron chi connectivity index (χ3n) is 4.10. The van der Waals surface area contributed by atoms with E-state index in [-0.39, 0.29) is 12.0 Å². The Balaban J connectivity index is 1.67. The summed E-state index contributed by atoms with van der Waals surface area (Å²) in [7, 11) is 1.67. The van der Waals surface area contributed by atoms with Gasteiger partial charge in [-0.1, -0.05) is 5.16 Å². The molecule has 0 aromatic carbocycles. The third kappa shape index (κ3) is 3.34. The quantitative estimate of drug-likeness (QED) is 0.853. The SMILES string of the molecule is COCCn1cc2c(n1)[C@H](CNC(=O)c1c(C)noc1C)OCC2. The topological polar surface area (TPSA) is 91.4 Å². The molecule has 1 amide bonds. The molecule has 8 heteroatoms. The molecule has 2 aromatic heterocycles. The summed E-state index contributed by atoms with van der Waals surface area (Å²) >= 11 is 0. The molecule has 3 heterocycles. The van der Waals surface area contributed by atoms with Crippen molar-refractivity contribution < 1.29 is 18.8 Å². The number of carbonyl (C=O) groups excluding carboxylic acids is 1. The van der Waals surface area contributed by atoms with Gasteiger partial charge in [0.25, 0.3) is 5.91 Å². The molecule has 0 unspecified atom stereocenters. The molecule has 0 aliphatic carbocycles. The summed E-state index contributed by atoms with van der Waals surface area (Å²) in [6.45, 7) is 5.75. The number of ether oxygens (including phenoxy) is 2. The zero-order valence-electron chi connectivity index (χ0n) is 14.2. The van der Waals surface area contributed by atoms with Crippen LogP contribution in [0.15, 0.2) is 10.7 Å². The summed E-state index contributed by atoms with van der Waals surface area (Å²) < 4.78 is 17.8. The zero-order valence-corrected chi connectivity index (χ0v) is 14.2. The van der Waals surface area contributed by atoms with Gasteiger partial charge < -0.3 is 19.3 Å². The predicted molar refractivity (Wildman–Crippen MR) is 84.8 cm³/mol. The van der Waals surface area contributed by atoms with Gasteiger partial charge >= 0.3 is 0 Å². The van der Waals surface area contributed by atoms with Gasteiger partial charge in [0.05, 0.1) is 31.1 Å². The van der Waals surface area contributed by atoms with Gasteiger partial charge in [-0.3, -0.25) is 9.48 Å². The molecule has 2 aromatic rings. The lowest BCUT2D eigenvalue weighted by atomic mass is 10.1. The maximum absolute atomic E-state index is 12.3. The van der Waals surface area contributed by atoms with Gasteiger partial charge in [0, 0.05) is 19.9 Å². The van der Waals surface area contributed by atoms with Crippen LogP contribution in [0.4, 0.5) is 0 Å². The van der Waals surface area contributed by atoms with Crippen molar-refractivity contribution in [1.82, 2.24) is 20.3 Å². The number of aromatic nitrogens is 3. The van der Waals surface area contributed by atoms with Crippen molar-refractivity contribution in [3.63, 3.8) is 0 Å². The lowest BCUT2D eigenvalue weighted by molar-refractivity contribution is 0.0382. The molecule has 3 rings (SSSR count). The van der Waals surface area contributed by atoms with E-state index in [0.29, 0.717) is 43.3 Å². The van der Waals surface area contributed by atoms with Gasteiger partial charge in [0.15, 0.2) is 0 Å². The van der Waals surface area contributed by atoms with Crippen LogP contribution in [0.5, 0.6) is 0 Å². The Labute approximate surface area is 140 Å². The number of amides is 1. The minimum atomic E-state index is -0.248. The van der Waals surface area contributed by atoms with Crippen LogP contribution < -0.4 is 5.32 Å². The van der Waals surface area contributed by atoms with Gasteiger partial charge in [0.1, 0.15) is 17.4 Å². The maximum Gasteiger partial charge on any atom is 0.256 e. The normalized spacial score (nSPS) is 16.9. The standard InChI is InChI=1S/C16H22N4O4/c1-10-14(11(2)24-19-10)16(21)17-8-13-15-12(4-6-23-13)9-20(18-15)5-7-22-3/h9,13H,4-8H2,1-3H3,(H,17,21)/t13-/m0/s1. The maximum atomic E-state index is 12.3. The molecule has 130 valence electrons. The van der Waals surface area contributed by atoms with Crippen LogP contribution in [-0.2, 0) is 22.4 Å². The number of methoxy groups -OCH3 is 1. The van der Waals surface area contributed by atoms with Gasteiger partial charge in [-0.25, -0.2) is 0 Å². The molecule has 0 radical (unpaired) electrons. The molecule has 1 aliphatic heterocycles. The van der Waals surface area contributed by atoms with Crippen molar-refractivity contribution >= 4 is 5.91 Å². The first kappa shape index (κ1) is 16.7. The molecule has 8 nitrogen and oxygen atoms in total. The van der Waals surface area contributed by atoms with Crippen LogP contribution in [0.25, 0.3) is 0 Å². The Morgan fingerprint density at radius 2 is 2.33 bits per heavy atom. The highest BCUT2D eigenvalue weighted by Crippen LogP contribution is 2.25. The summed E-state index contributed by atoms with van der Waals surface area (Å²) in [5.74, 6) is 0.305. The number of fused-ring (bicyclic) bond motifs is 1. The highest BCUT2D eigenvalue weighted by molar-refractivity contribution is 5.96.